The first kappa shape index (κ1) is 30.8. The van der Waals surface area contributed by atoms with Crippen molar-refractivity contribution < 1.29 is 29.0 Å². The monoisotopic (exact) mass is 558 g/mol. The third-order valence-corrected chi connectivity index (χ3v) is 9.61. The molecular weight excluding hydrogens is 508 g/mol. The Bertz CT molecular complexity index is 1060. The second-order valence-corrected chi connectivity index (χ2v) is 14.1. The van der Waals surface area contributed by atoms with Gasteiger partial charge in [0.15, 0.2) is 0 Å². The lowest BCUT2D eigenvalue weighted by atomic mass is 9.73. The van der Waals surface area contributed by atoms with E-state index in [0.717, 1.165) is 19.3 Å². The standard InChI is InChI=1S/C32H50N2O6/c1-9-21(3)22(19-35)34-25-27(37)33(30(7,8)20-29(4,5)6)17-14-16-32(25)23(26(34)36)24-28(38)39-18-13-11-12-15-31(24,10-2)40-32/h12,14-16,21-25,35H,9-11,13,17-20H2,1-8H3/b15-12-/t21-,22-,23-,24+,25?,31-,32-/m0/s1. The number of aliphatic hydroxyl groups is 1. The number of nitrogens with zero attached hydrogens (tertiary/aromatic N) is 2. The SMILES string of the molecule is CC[C@H](C)[C@H](CO)N1C(=O)[C@@H]2[C@@H]3C(=O)OCCC/C=C\[C@]3(CC)O[C@@]23C=CCN(C(C)(C)CC(C)(C)C)C(=O)C13. The van der Waals surface area contributed by atoms with E-state index < -0.39 is 46.6 Å². The molecule has 0 aliphatic carbocycles. The predicted octanol–water partition coefficient (Wildman–Crippen LogP) is 4.26. The van der Waals surface area contributed by atoms with Crippen molar-refractivity contribution in [1.82, 2.24) is 9.80 Å². The number of likely N-dealkylation sites (tertiary alicyclic amines) is 1. The van der Waals surface area contributed by atoms with E-state index in [-0.39, 0.29) is 36.4 Å². The molecule has 224 valence electrons. The Balaban J connectivity index is 1.93. The molecule has 1 spiro atoms. The Kier molecular flexibility index (Phi) is 8.38. The van der Waals surface area contributed by atoms with Gasteiger partial charge >= 0.3 is 5.97 Å². The van der Waals surface area contributed by atoms with Gasteiger partial charge in [0.25, 0.3) is 0 Å². The average Bonchev–Trinajstić information content (AvgIpc) is 3.24. The molecule has 2 fully saturated rings. The molecule has 0 aromatic heterocycles. The molecule has 40 heavy (non-hydrogen) atoms. The number of cyclic esters (lactones) is 1. The van der Waals surface area contributed by atoms with E-state index in [4.69, 9.17) is 9.47 Å². The van der Waals surface area contributed by atoms with Gasteiger partial charge in [0, 0.05) is 12.1 Å². The number of carbonyl (C=O) groups is 3. The van der Waals surface area contributed by atoms with Crippen molar-refractivity contribution in [3.05, 3.63) is 24.3 Å². The quantitative estimate of drug-likeness (QED) is 0.371. The minimum Gasteiger partial charge on any atom is -0.465 e. The number of aliphatic hydroxyl groups excluding tert-OH is 1. The van der Waals surface area contributed by atoms with Crippen LogP contribution in [0.2, 0.25) is 0 Å². The van der Waals surface area contributed by atoms with Crippen molar-refractivity contribution in [3.63, 3.8) is 0 Å². The molecule has 2 amide bonds. The van der Waals surface area contributed by atoms with Crippen LogP contribution in [0.25, 0.3) is 0 Å². The highest BCUT2D eigenvalue weighted by molar-refractivity contribution is 5.99. The fourth-order valence-electron chi connectivity index (χ4n) is 7.92. The van der Waals surface area contributed by atoms with Crippen LogP contribution in [0, 0.1) is 23.2 Å². The lowest BCUT2D eigenvalue weighted by Gasteiger charge is -2.46. The van der Waals surface area contributed by atoms with Crippen LogP contribution >= 0.6 is 0 Å². The van der Waals surface area contributed by atoms with Gasteiger partial charge in [-0.05, 0) is 50.9 Å². The minimum atomic E-state index is -1.36. The van der Waals surface area contributed by atoms with Crippen LogP contribution in [0.4, 0.5) is 0 Å². The first-order valence-electron chi connectivity index (χ1n) is 15.2. The van der Waals surface area contributed by atoms with Crippen LogP contribution < -0.4 is 0 Å². The third kappa shape index (κ3) is 4.93. The van der Waals surface area contributed by atoms with Gasteiger partial charge in [-0.25, -0.2) is 0 Å². The molecule has 0 bridgehead atoms. The van der Waals surface area contributed by atoms with Crippen LogP contribution in [0.3, 0.4) is 0 Å². The number of carbonyl (C=O) groups excluding carboxylic acids is 3. The van der Waals surface area contributed by atoms with Gasteiger partial charge < -0.3 is 24.4 Å². The first-order valence-corrected chi connectivity index (χ1v) is 15.2. The lowest BCUT2D eigenvalue weighted by Crippen LogP contribution is -2.62. The molecule has 4 rings (SSSR count). The number of allylic oxidation sites excluding steroid dienone is 1. The minimum absolute atomic E-state index is 0.0375. The molecule has 4 aliphatic rings. The Hall–Kier alpha value is -2.19. The van der Waals surface area contributed by atoms with Gasteiger partial charge in [-0.15, -0.1) is 0 Å². The summed E-state index contributed by atoms with van der Waals surface area (Å²) in [7, 11) is 0. The zero-order valence-electron chi connectivity index (χ0n) is 25.7. The smallest absolute Gasteiger partial charge is 0.313 e. The average molecular weight is 559 g/mol. The van der Waals surface area contributed by atoms with Gasteiger partial charge in [0.2, 0.25) is 11.8 Å². The number of hydrogen-bond acceptors (Lipinski definition) is 6. The number of esters is 1. The Morgan fingerprint density at radius 2 is 1.75 bits per heavy atom. The third-order valence-electron chi connectivity index (χ3n) is 9.61. The van der Waals surface area contributed by atoms with Gasteiger partial charge in [-0.2, -0.15) is 0 Å². The highest BCUT2D eigenvalue weighted by Crippen LogP contribution is 2.59. The van der Waals surface area contributed by atoms with E-state index in [1.54, 1.807) is 4.90 Å². The molecular formula is C32H50N2O6. The molecule has 1 unspecified atom stereocenters. The normalized spacial score (nSPS) is 35.1. The lowest BCUT2D eigenvalue weighted by molar-refractivity contribution is -0.165. The second kappa shape index (κ2) is 10.9. The van der Waals surface area contributed by atoms with E-state index in [2.05, 4.69) is 34.6 Å². The Labute approximate surface area is 240 Å². The van der Waals surface area contributed by atoms with Gasteiger partial charge in [0.1, 0.15) is 23.2 Å². The maximum Gasteiger partial charge on any atom is 0.313 e. The number of amides is 2. The topological polar surface area (TPSA) is 96.4 Å². The molecule has 2 saturated heterocycles. The first-order chi connectivity index (χ1) is 18.7. The van der Waals surface area contributed by atoms with Crippen molar-refractivity contribution in [2.24, 2.45) is 23.2 Å². The molecule has 8 nitrogen and oxygen atoms in total. The fourth-order valence-corrected chi connectivity index (χ4v) is 7.92. The summed E-state index contributed by atoms with van der Waals surface area (Å²) in [6, 6.07) is -1.59. The molecule has 0 saturated carbocycles. The van der Waals surface area contributed by atoms with Crippen LogP contribution in [-0.4, -0.2) is 81.3 Å². The van der Waals surface area contributed by atoms with E-state index in [1.807, 2.05) is 50.0 Å². The summed E-state index contributed by atoms with van der Waals surface area (Å²) in [6.45, 7) is 16.9. The maximum absolute atomic E-state index is 14.9. The zero-order chi connectivity index (χ0) is 29.7. The number of rotatable bonds is 7. The largest absolute Gasteiger partial charge is 0.465 e. The summed E-state index contributed by atoms with van der Waals surface area (Å²) in [4.78, 5) is 46.7. The predicted molar refractivity (Wildman–Crippen MR) is 153 cm³/mol. The summed E-state index contributed by atoms with van der Waals surface area (Å²) >= 11 is 0. The van der Waals surface area contributed by atoms with Gasteiger partial charge in [-0.1, -0.05) is 72.3 Å². The summed E-state index contributed by atoms with van der Waals surface area (Å²) < 4.78 is 12.8. The Morgan fingerprint density at radius 1 is 1.05 bits per heavy atom. The Morgan fingerprint density at radius 3 is 2.35 bits per heavy atom. The fraction of sp³-hybridized carbons (Fsp3) is 0.781. The van der Waals surface area contributed by atoms with Crippen molar-refractivity contribution in [1.29, 1.82) is 0 Å². The van der Waals surface area contributed by atoms with Crippen molar-refractivity contribution >= 4 is 17.8 Å². The number of hydrogen-bond donors (Lipinski definition) is 1. The van der Waals surface area contributed by atoms with Crippen LogP contribution in [-0.2, 0) is 23.9 Å². The van der Waals surface area contributed by atoms with Gasteiger partial charge in [0.05, 0.1) is 25.2 Å². The van der Waals surface area contributed by atoms with Crippen LogP contribution in [0.1, 0.15) is 87.5 Å². The summed E-state index contributed by atoms with van der Waals surface area (Å²) in [6.07, 6.45) is 11.1. The molecule has 7 atom stereocenters. The highest BCUT2D eigenvalue weighted by Gasteiger charge is 2.76. The highest BCUT2D eigenvalue weighted by atomic mass is 16.6. The second-order valence-electron chi connectivity index (χ2n) is 14.1. The molecule has 0 aromatic carbocycles. The number of ether oxygens (including phenoxy) is 2. The van der Waals surface area contributed by atoms with Gasteiger partial charge in [-0.3, -0.25) is 14.4 Å². The summed E-state index contributed by atoms with van der Waals surface area (Å²) in [5, 5.41) is 10.6. The van der Waals surface area contributed by atoms with E-state index >= 15 is 0 Å². The van der Waals surface area contributed by atoms with E-state index in [1.165, 1.54) is 0 Å². The van der Waals surface area contributed by atoms with E-state index in [9.17, 15) is 19.5 Å². The molecule has 0 aromatic rings. The van der Waals surface area contributed by atoms with Crippen molar-refractivity contribution in [3.8, 4) is 0 Å². The maximum atomic E-state index is 14.9. The summed E-state index contributed by atoms with van der Waals surface area (Å²) in [5.41, 5.74) is -2.98. The molecule has 4 aliphatic heterocycles. The van der Waals surface area contributed by atoms with Crippen molar-refractivity contribution in [2.45, 2.75) is 116 Å². The van der Waals surface area contributed by atoms with E-state index in [0.29, 0.717) is 19.4 Å². The van der Waals surface area contributed by atoms with Crippen LogP contribution in [0.15, 0.2) is 24.3 Å². The van der Waals surface area contributed by atoms with Crippen LogP contribution in [0.5, 0.6) is 0 Å². The molecule has 4 heterocycles. The number of fused-ring (bicyclic) bond motifs is 2. The zero-order valence-corrected chi connectivity index (χ0v) is 25.7. The molecule has 1 N–H and O–H groups in total. The molecule has 0 radical (unpaired) electrons. The summed E-state index contributed by atoms with van der Waals surface area (Å²) in [5.74, 6) is -2.87. The van der Waals surface area contributed by atoms with Crippen molar-refractivity contribution in [2.75, 3.05) is 19.8 Å². The molecule has 8 heteroatoms.